The lowest BCUT2D eigenvalue weighted by atomic mass is 10.2. The van der Waals surface area contributed by atoms with Gasteiger partial charge in [-0.2, -0.15) is 0 Å². The van der Waals surface area contributed by atoms with Crippen LogP contribution in [0.3, 0.4) is 0 Å². The van der Waals surface area contributed by atoms with E-state index in [2.05, 4.69) is 10.3 Å². The van der Waals surface area contributed by atoms with Crippen LogP contribution in [-0.4, -0.2) is 44.8 Å². The average molecular weight is 389 g/mol. The Kier molecular flexibility index (Phi) is 3.99. The number of pyridine rings is 1. The number of amides is 1. The number of nitrogens with one attached hydrogen (secondary N) is 1. The first-order chi connectivity index (χ1) is 12.9. The quantitative estimate of drug-likeness (QED) is 0.835. The smallest absolute Gasteiger partial charge is 0.250 e. The fourth-order valence-electron chi connectivity index (χ4n) is 3.53. The van der Waals surface area contributed by atoms with Gasteiger partial charge in [-0.25, -0.2) is 13.4 Å². The van der Waals surface area contributed by atoms with Crippen LogP contribution in [0.1, 0.15) is 6.42 Å². The maximum absolute atomic E-state index is 13.1. The molecular formula is C18H19N3O5S. The second-order valence-corrected chi connectivity index (χ2v) is 8.69. The molecule has 27 heavy (non-hydrogen) atoms. The number of hydrogen-bond acceptors (Lipinski definition) is 6. The van der Waals surface area contributed by atoms with E-state index < -0.39 is 20.7 Å². The lowest BCUT2D eigenvalue weighted by molar-refractivity contribution is -0.116. The zero-order valence-electron chi connectivity index (χ0n) is 14.9. The molecular weight excluding hydrogens is 370 g/mol. The van der Waals surface area contributed by atoms with Gasteiger partial charge in [-0.3, -0.25) is 9.10 Å². The van der Waals surface area contributed by atoms with Crippen LogP contribution in [-0.2, 0) is 14.8 Å². The molecule has 2 aliphatic rings. The molecule has 9 heteroatoms. The predicted molar refractivity (Wildman–Crippen MR) is 99.5 cm³/mol. The summed E-state index contributed by atoms with van der Waals surface area (Å²) in [6.07, 6.45) is 1.77. The Labute approximate surface area is 157 Å². The summed E-state index contributed by atoms with van der Waals surface area (Å²) >= 11 is 0. The number of carbonyl (C=O) groups excluding carboxylic acids is 1. The molecule has 142 valence electrons. The maximum atomic E-state index is 13.1. The Morgan fingerprint density at radius 2 is 1.93 bits per heavy atom. The average Bonchev–Trinajstić information content (AvgIpc) is 3.38. The number of aromatic nitrogens is 1. The van der Waals surface area contributed by atoms with Crippen molar-refractivity contribution < 1.29 is 22.7 Å². The summed E-state index contributed by atoms with van der Waals surface area (Å²) in [6.45, 7) is 0.295. The molecule has 2 fully saturated rings. The highest BCUT2D eigenvalue weighted by atomic mass is 32.2. The van der Waals surface area contributed by atoms with Crippen LogP contribution in [0.25, 0.3) is 0 Å². The van der Waals surface area contributed by atoms with Gasteiger partial charge >= 0.3 is 0 Å². The molecule has 1 aromatic heterocycles. The summed E-state index contributed by atoms with van der Waals surface area (Å²) in [5, 5.41) is 2.68. The number of nitrogens with zero attached hydrogens (tertiary/aromatic N) is 2. The molecule has 1 amide bonds. The molecule has 1 aliphatic carbocycles. The van der Waals surface area contributed by atoms with Crippen LogP contribution in [0.2, 0.25) is 0 Å². The molecule has 0 radical (unpaired) electrons. The van der Waals surface area contributed by atoms with Crippen LogP contribution in [0.4, 0.5) is 11.4 Å². The van der Waals surface area contributed by atoms with E-state index in [1.807, 2.05) is 0 Å². The monoisotopic (exact) mass is 389 g/mol. The number of fused-ring (bicyclic) bond motifs is 1. The standard InChI is InChI=1S/C18H19N3O5S/c1-25-15-6-4-14(5-7-15)21-11-12-9-18(12,27(21,23)24)17(22)20-13-3-8-16(26-2)19-10-13/h3-8,10,12H,9,11H2,1-2H3,(H,20,22)/t12-,18-/m1/s1. The summed E-state index contributed by atoms with van der Waals surface area (Å²) < 4.78 is 36.3. The fourth-order valence-corrected chi connectivity index (χ4v) is 5.89. The largest absolute Gasteiger partial charge is 0.497 e. The number of carbonyl (C=O) groups is 1. The number of ether oxygens (including phenoxy) is 2. The SMILES string of the molecule is COc1ccc(N2C[C@H]3C[C@@]3(C(=O)Nc3ccc(OC)nc3)S2(=O)=O)cc1. The van der Waals surface area contributed by atoms with Gasteiger partial charge in [-0.15, -0.1) is 0 Å². The normalized spacial score (nSPS) is 24.8. The number of sulfonamides is 1. The van der Waals surface area contributed by atoms with E-state index in [0.717, 1.165) is 0 Å². The molecule has 0 bridgehead atoms. The number of anilines is 2. The first-order valence-corrected chi connectivity index (χ1v) is 9.84. The summed E-state index contributed by atoms with van der Waals surface area (Å²) in [6, 6.07) is 9.99. The minimum absolute atomic E-state index is 0.226. The Morgan fingerprint density at radius 3 is 2.52 bits per heavy atom. The Hall–Kier alpha value is -2.81. The molecule has 0 unspecified atom stereocenters. The molecule has 2 heterocycles. The van der Waals surface area contributed by atoms with Crippen molar-refractivity contribution in [3.05, 3.63) is 42.6 Å². The number of methoxy groups -OCH3 is 2. The third-order valence-corrected chi connectivity index (χ3v) is 7.68. The Morgan fingerprint density at radius 1 is 1.19 bits per heavy atom. The molecule has 0 spiro atoms. The van der Waals surface area contributed by atoms with Gasteiger partial charge in [0.2, 0.25) is 21.8 Å². The Balaban J connectivity index is 1.57. The van der Waals surface area contributed by atoms with Gasteiger partial charge in [-0.1, -0.05) is 0 Å². The number of rotatable bonds is 5. The predicted octanol–water partition coefficient (Wildman–Crippen LogP) is 1.65. The van der Waals surface area contributed by atoms with Crippen molar-refractivity contribution in [2.24, 2.45) is 5.92 Å². The lowest BCUT2D eigenvalue weighted by Crippen LogP contribution is -2.42. The molecule has 1 saturated carbocycles. The van der Waals surface area contributed by atoms with Gasteiger partial charge in [-0.05, 0) is 36.8 Å². The zero-order valence-corrected chi connectivity index (χ0v) is 15.7. The van der Waals surface area contributed by atoms with Crippen LogP contribution in [0.5, 0.6) is 11.6 Å². The van der Waals surface area contributed by atoms with Crippen molar-refractivity contribution in [3.63, 3.8) is 0 Å². The van der Waals surface area contributed by atoms with Crippen LogP contribution in [0.15, 0.2) is 42.6 Å². The van der Waals surface area contributed by atoms with E-state index in [-0.39, 0.29) is 5.92 Å². The minimum Gasteiger partial charge on any atom is -0.497 e. The molecule has 1 N–H and O–H groups in total. The summed E-state index contributed by atoms with van der Waals surface area (Å²) in [5.41, 5.74) is 0.959. The third kappa shape index (κ3) is 2.61. The van der Waals surface area contributed by atoms with Crippen molar-refractivity contribution in [2.75, 3.05) is 30.4 Å². The topological polar surface area (TPSA) is 97.8 Å². The van der Waals surface area contributed by atoms with Gasteiger partial charge < -0.3 is 14.8 Å². The summed E-state index contributed by atoms with van der Waals surface area (Å²) in [7, 11) is -0.784. The molecule has 4 rings (SSSR count). The van der Waals surface area contributed by atoms with E-state index in [1.54, 1.807) is 43.5 Å². The van der Waals surface area contributed by atoms with E-state index in [0.29, 0.717) is 36.0 Å². The summed E-state index contributed by atoms with van der Waals surface area (Å²) in [5.74, 6) is 0.306. The van der Waals surface area contributed by atoms with Crippen molar-refractivity contribution in [2.45, 2.75) is 11.2 Å². The highest BCUT2D eigenvalue weighted by Gasteiger charge is 2.75. The Bertz CT molecular complexity index is 975. The third-order valence-electron chi connectivity index (χ3n) is 5.13. The molecule has 1 saturated heterocycles. The first kappa shape index (κ1) is 17.6. The van der Waals surface area contributed by atoms with Gasteiger partial charge in [0.15, 0.2) is 4.75 Å². The summed E-state index contributed by atoms with van der Waals surface area (Å²) in [4.78, 5) is 16.8. The fraction of sp³-hybridized carbons (Fsp3) is 0.333. The van der Waals surface area contributed by atoms with Crippen molar-refractivity contribution in [3.8, 4) is 11.6 Å². The molecule has 8 nitrogen and oxygen atoms in total. The van der Waals surface area contributed by atoms with Crippen molar-refractivity contribution >= 4 is 27.3 Å². The number of benzene rings is 1. The highest BCUT2D eigenvalue weighted by Crippen LogP contribution is 2.58. The second-order valence-electron chi connectivity index (χ2n) is 6.57. The van der Waals surface area contributed by atoms with Crippen LogP contribution in [0, 0.1) is 5.92 Å². The van der Waals surface area contributed by atoms with E-state index in [1.165, 1.54) is 17.6 Å². The van der Waals surface area contributed by atoms with Crippen LogP contribution >= 0.6 is 0 Å². The van der Waals surface area contributed by atoms with Crippen LogP contribution < -0.4 is 19.1 Å². The maximum Gasteiger partial charge on any atom is 0.250 e. The van der Waals surface area contributed by atoms with Gasteiger partial charge in [0, 0.05) is 18.5 Å². The molecule has 1 aliphatic heterocycles. The molecule has 2 aromatic rings. The second kappa shape index (κ2) is 6.12. The van der Waals surface area contributed by atoms with E-state index >= 15 is 0 Å². The molecule has 2 atom stereocenters. The van der Waals surface area contributed by atoms with E-state index in [9.17, 15) is 13.2 Å². The zero-order chi connectivity index (χ0) is 19.2. The van der Waals surface area contributed by atoms with Gasteiger partial charge in [0.1, 0.15) is 5.75 Å². The van der Waals surface area contributed by atoms with Gasteiger partial charge in [0.25, 0.3) is 0 Å². The first-order valence-electron chi connectivity index (χ1n) is 8.40. The van der Waals surface area contributed by atoms with Crippen molar-refractivity contribution in [1.29, 1.82) is 0 Å². The lowest BCUT2D eigenvalue weighted by Gasteiger charge is -2.23. The number of hydrogen-bond donors (Lipinski definition) is 1. The van der Waals surface area contributed by atoms with E-state index in [4.69, 9.17) is 9.47 Å². The molecule has 1 aromatic carbocycles. The highest BCUT2D eigenvalue weighted by molar-refractivity contribution is 7.95. The van der Waals surface area contributed by atoms with Crippen molar-refractivity contribution in [1.82, 2.24) is 4.98 Å². The minimum atomic E-state index is -3.82. The van der Waals surface area contributed by atoms with Gasteiger partial charge in [0.05, 0.1) is 31.8 Å².